The van der Waals surface area contributed by atoms with Crippen LogP contribution in [0.4, 0.5) is 5.69 Å². The molecule has 1 aliphatic rings. The highest BCUT2D eigenvalue weighted by molar-refractivity contribution is 5.96. The van der Waals surface area contributed by atoms with Gasteiger partial charge in [0.05, 0.1) is 0 Å². The number of hydrogen-bond acceptors (Lipinski definition) is 3. The molecule has 2 N–H and O–H groups in total. The van der Waals surface area contributed by atoms with E-state index in [0.717, 1.165) is 43.7 Å². The average Bonchev–Trinajstić information content (AvgIpc) is 2.43. The van der Waals surface area contributed by atoms with Crippen LogP contribution in [0.2, 0.25) is 0 Å². The van der Waals surface area contributed by atoms with E-state index in [9.17, 15) is 4.79 Å². The summed E-state index contributed by atoms with van der Waals surface area (Å²) in [5.74, 6) is 0.599. The highest BCUT2D eigenvalue weighted by Crippen LogP contribution is 2.21. The summed E-state index contributed by atoms with van der Waals surface area (Å²) in [4.78, 5) is 14.4. The van der Waals surface area contributed by atoms with Gasteiger partial charge in [0.1, 0.15) is 0 Å². The van der Waals surface area contributed by atoms with E-state index in [1.165, 1.54) is 0 Å². The number of ether oxygens (including phenoxy) is 1. The Kier molecular flexibility index (Phi) is 4.65. The first-order chi connectivity index (χ1) is 9.49. The Labute approximate surface area is 120 Å². The lowest BCUT2D eigenvalue weighted by Gasteiger charge is -2.27. The van der Waals surface area contributed by atoms with E-state index in [2.05, 4.69) is 0 Å². The maximum Gasteiger partial charge on any atom is 0.253 e. The third kappa shape index (κ3) is 3.31. The van der Waals surface area contributed by atoms with Crippen molar-refractivity contribution in [2.24, 2.45) is 5.92 Å². The van der Waals surface area contributed by atoms with Crippen LogP contribution in [0.5, 0.6) is 0 Å². The van der Waals surface area contributed by atoms with Gasteiger partial charge in [-0.05, 0) is 49.8 Å². The molecule has 1 fully saturated rings. The molecule has 0 spiro atoms. The summed E-state index contributed by atoms with van der Waals surface area (Å²) in [6.45, 7) is 6.33. The van der Waals surface area contributed by atoms with E-state index in [-0.39, 0.29) is 5.91 Å². The number of carbonyl (C=O) groups is 1. The van der Waals surface area contributed by atoms with Gasteiger partial charge in [-0.15, -0.1) is 0 Å². The Hall–Kier alpha value is -1.55. The van der Waals surface area contributed by atoms with Crippen molar-refractivity contribution in [1.82, 2.24) is 4.90 Å². The number of nitrogens with two attached hydrogens (primary N) is 1. The van der Waals surface area contributed by atoms with Gasteiger partial charge in [0.25, 0.3) is 5.91 Å². The van der Waals surface area contributed by atoms with Crippen molar-refractivity contribution < 1.29 is 9.53 Å². The molecule has 0 saturated carbocycles. The number of nitrogens with zero attached hydrogens (tertiary/aromatic N) is 1. The SMILES string of the molecule is Cc1cc(C)c(C(=O)N(C)CC2CCOCC2)cc1N. The van der Waals surface area contributed by atoms with Crippen LogP contribution in [0.3, 0.4) is 0 Å². The van der Waals surface area contributed by atoms with Gasteiger partial charge in [-0.2, -0.15) is 0 Å². The first-order valence-corrected chi connectivity index (χ1v) is 7.19. The molecule has 0 bridgehead atoms. The molecule has 1 aromatic carbocycles. The van der Waals surface area contributed by atoms with Crippen LogP contribution in [0.1, 0.15) is 34.3 Å². The van der Waals surface area contributed by atoms with E-state index >= 15 is 0 Å². The average molecular weight is 276 g/mol. The van der Waals surface area contributed by atoms with Crippen LogP contribution >= 0.6 is 0 Å². The van der Waals surface area contributed by atoms with Crippen molar-refractivity contribution in [2.75, 3.05) is 32.5 Å². The molecular weight excluding hydrogens is 252 g/mol. The lowest BCUT2D eigenvalue weighted by atomic mass is 9.98. The van der Waals surface area contributed by atoms with Crippen LogP contribution in [-0.2, 0) is 4.74 Å². The Balaban J connectivity index is 2.08. The van der Waals surface area contributed by atoms with Crippen molar-refractivity contribution in [3.05, 3.63) is 28.8 Å². The van der Waals surface area contributed by atoms with Crippen LogP contribution in [0.15, 0.2) is 12.1 Å². The molecule has 0 aliphatic carbocycles. The van der Waals surface area contributed by atoms with E-state index in [1.807, 2.05) is 31.9 Å². The normalized spacial score (nSPS) is 16.1. The largest absolute Gasteiger partial charge is 0.398 e. The molecule has 1 heterocycles. The molecule has 1 aromatic rings. The molecule has 2 rings (SSSR count). The third-order valence-electron chi connectivity index (χ3n) is 4.06. The van der Waals surface area contributed by atoms with Gasteiger partial charge in [-0.3, -0.25) is 4.79 Å². The molecule has 0 unspecified atom stereocenters. The molecule has 4 nitrogen and oxygen atoms in total. The number of rotatable bonds is 3. The minimum absolute atomic E-state index is 0.0562. The zero-order chi connectivity index (χ0) is 14.7. The van der Waals surface area contributed by atoms with Crippen molar-refractivity contribution in [3.8, 4) is 0 Å². The summed E-state index contributed by atoms with van der Waals surface area (Å²) in [6, 6.07) is 3.78. The van der Waals surface area contributed by atoms with Crippen molar-refractivity contribution >= 4 is 11.6 Å². The summed E-state index contributed by atoms with van der Waals surface area (Å²) in [5.41, 5.74) is 9.32. The Morgan fingerprint density at radius 1 is 1.30 bits per heavy atom. The molecule has 1 aliphatic heterocycles. The van der Waals surface area contributed by atoms with E-state index in [0.29, 0.717) is 17.2 Å². The van der Waals surface area contributed by atoms with Crippen LogP contribution < -0.4 is 5.73 Å². The monoisotopic (exact) mass is 276 g/mol. The van der Waals surface area contributed by atoms with E-state index in [1.54, 1.807) is 6.07 Å². The summed E-state index contributed by atoms with van der Waals surface area (Å²) >= 11 is 0. The predicted octanol–water partition coefficient (Wildman–Crippen LogP) is 2.38. The predicted molar refractivity (Wildman–Crippen MR) is 80.8 cm³/mol. The number of benzene rings is 1. The molecular formula is C16H24N2O2. The van der Waals surface area contributed by atoms with Crippen molar-refractivity contribution in [2.45, 2.75) is 26.7 Å². The summed E-state index contributed by atoms with van der Waals surface area (Å²) in [6.07, 6.45) is 2.07. The highest BCUT2D eigenvalue weighted by atomic mass is 16.5. The van der Waals surface area contributed by atoms with Gasteiger partial charge in [0, 0.05) is 38.1 Å². The molecule has 1 amide bonds. The van der Waals surface area contributed by atoms with Crippen molar-refractivity contribution in [3.63, 3.8) is 0 Å². The fraction of sp³-hybridized carbons (Fsp3) is 0.562. The first kappa shape index (κ1) is 14.9. The Morgan fingerprint density at radius 2 is 1.95 bits per heavy atom. The number of aryl methyl sites for hydroxylation is 2. The third-order valence-corrected chi connectivity index (χ3v) is 4.06. The minimum Gasteiger partial charge on any atom is -0.398 e. The summed E-state index contributed by atoms with van der Waals surface area (Å²) in [7, 11) is 1.87. The maximum absolute atomic E-state index is 12.5. The van der Waals surface area contributed by atoms with E-state index < -0.39 is 0 Å². The quantitative estimate of drug-likeness (QED) is 0.862. The molecule has 0 atom stereocenters. The van der Waals surface area contributed by atoms with Gasteiger partial charge >= 0.3 is 0 Å². The smallest absolute Gasteiger partial charge is 0.253 e. The second kappa shape index (κ2) is 6.27. The second-order valence-corrected chi connectivity index (χ2v) is 5.77. The summed E-state index contributed by atoms with van der Waals surface area (Å²) in [5, 5.41) is 0. The fourth-order valence-corrected chi connectivity index (χ4v) is 2.70. The number of nitrogen functional groups attached to an aromatic ring is 1. The number of carbonyl (C=O) groups excluding carboxylic acids is 1. The van der Waals surface area contributed by atoms with Gasteiger partial charge in [0.15, 0.2) is 0 Å². The Morgan fingerprint density at radius 3 is 2.60 bits per heavy atom. The topological polar surface area (TPSA) is 55.6 Å². The highest BCUT2D eigenvalue weighted by Gasteiger charge is 2.20. The fourth-order valence-electron chi connectivity index (χ4n) is 2.70. The number of hydrogen-bond donors (Lipinski definition) is 1. The summed E-state index contributed by atoms with van der Waals surface area (Å²) < 4.78 is 5.35. The molecule has 20 heavy (non-hydrogen) atoms. The molecule has 1 saturated heterocycles. The van der Waals surface area contributed by atoms with Gasteiger partial charge < -0.3 is 15.4 Å². The number of anilines is 1. The molecule has 110 valence electrons. The van der Waals surface area contributed by atoms with Crippen molar-refractivity contribution in [1.29, 1.82) is 0 Å². The molecule has 4 heteroatoms. The van der Waals surface area contributed by atoms with E-state index in [4.69, 9.17) is 10.5 Å². The lowest BCUT2D eigenvalue weighted by molar-refractivity contribution is 0.0497. The second-order valence-electron chi connectivity index (χ2n) is 5.77. The minimum atomic E-state index is 0.0562. The van der Waals surface area contributed by atoms with Gasteiger partial charge in [-0.25, -0.2) is 0 Å². The Bertz CT molecular complexity index is 493. The molecule has 0 radical (unpaired) electrons. The number of amides is 1. The maximum atomic E-state index is 12.5. The van der Waals surface area contributed by atoms with Crippen LogP contribution in [0.25, 0.3) is 0 Å². The first-order valence-electron chi connectivity index (χ1n) is 7.19. The lowest BCUT2D eigenvalue weighted by Crippen LogP contribution is -2.34. The van der Waals surface area contributed by atoms with Crippen LogP contribution in [0, 0.1) is 19.8 Å². The van der Waals surface area contributed by atoms with Gasteiger partial charge in [0.2, 0.25) is 0 Å². The zero-order valence-corrected chi connectivity index (χ0v) is 12.6. The standard InChI is InChI=1S/C16H24N2O2/c1-11-8-12(2)15(17)9-14(11)16(19)18(3)10-13-4-6-20-7-5-13/h8-9,13H,4-7,10,17H2,1-3H3. The van der Waals surface area contributed by atoms with Crippen LogP contribution in [-0.4, -0.2) is 37.6 Å². The zero-order valence-electron chi connectivity index (χ0n) is 12.6. The van der Waals surface area contributed by atoms with Gasteiger partial charge in [-0.1, -0.05) is 6.07 Å². The molecule has 0 aromatic heterocycles.